The predicted molar refractivity (Wildman–Crippen MR) is 69.5 cm³/mol. The molecule has 0 spiro atoms. The summed E-state index contributed by atoms with van der Waals surface area (Å²) in [4.78, 5) is 14.1. The van der Waals surface area contributed by atoms with Crippen molar-refractivity contribution in [2.24, 2.45) is 5.92 Å². The van der Waals surface area contributed by atoms with Crippen molar-refractivity contribution in [2.75, 3.05) is 32.8 Å². The van der Waals surface area contributed by atoms with Crippen molar-refractivity contribution in [3.8, 4) is 0 Å². The molecule has 1 unspecified atom stereocenters. The molecule has 0 aromatic heterocycles. The summed E-state index contributed by atoms with van der Waals surface area (Å²) in [5.74, 6) is 0.881. The fraction of sp³-hybridized carbons (Fsp3) is 0.917. The van der Waals surface area contributed by atoms with Crippen LogP contribution in [0.4, 0.5) is 0 Å². The topological polar surface area (TPSA) is 41.6 Å². The minimum atomic E-state index is 0. The Morgan fingerprint density at radius 2 is 2.12 bits per heavy atom. The summed E-state index contributed by atoms with van der Waals surface area (Å²) in [6.45, 7) is 6.45. The van der Waals surface area contributed by atoms with Gasteiger partial charge in [-0.05, 0) is 25.7 Å². The highest BCUT2D eigenvalue weighted by Crippen LogP contribution is 2.19. The van der Waals surface area contributed by atoms with E-state index in [1.54, 1.807) is 0 Å². The first-order chi connectivity index (χ1) is 7.75. The number of rotatable bonds is 2. The standard InChI is InChI=1S/C12H22N2O2.ClH/c1-10-9-14(5-4-13-10)12(15)8-11-2-6-16-7-3-11;/h10-11,13H,2-9H2,1H3;1H. The van der Waals surface area contributed by atoms with E-state index in [4.69, 9.17) is 4.74 Å². The molecule has 2 saturated heterocycles. The Hall–Kier alpha value is -0.320. The number of hydrogen-bond donors (Lipinski definition) is 1. The zero-order chi connectivity index (χ0) is 11.4. The molecule has 0 saturated carbocycles. The second-order valence-corrected chi connectivity index (χ2v) is 4.95. The van der Waals surface area contributed by atoms with E-state index in [2.05, 4.69) is 12.2 Å². The molecule has 1 amide bonds. The van der Waals surface area contributed by atoms with Crippen molar-refractivity contribution in [2.45, 2.75) is 32.2 Å². The third kappa shape index (κ3) is 4.45. The summed E-state index contributed by atoms with van der Waals surface area (Å²) >= 11 is 0. The number of piperazine rings is 1. The molecular weight excluding hydrogens is 240 g/mol. The van der Waals surface area contributed by atoms with E-state index in [1.165, 1.54) is 0 Å². The van der Waals surface area contributed by atoms with Gasteiger partial charge in [0.1, 0.15) is 0 Å². The van der Waals surface area contributed by atoms with E-state index in [9.17, 15) is 4.79 Å². The van der Waals surface area contributed by atoms with E-state index in [-0.39, 0.29) is 12.4 Å². The van der Waals surface area contributed by atoms with Crippen molar-refractivity contribution < 1.29 is 9.53 Å². The molecule has 0 radical (unpaired) electrons. The van der Waals surface area contributed by atoms with Crippen molar-refractivity contribution in [1.29, 1.82) is 0 Å². The van der Waals surface area contributed by atoms with Crippen molar-refractivity contribution in [3.63, 3.8) is 0 Å². The van der Waals surface area contributed by atoms with Gasteiger partial charge in [0.2, 0.25) is 5.91 Å². The minimum Gasteiger partial charge on any atom is -0.381 e. The molecule has 2 fully saturated rings. The quantitative estimate of drug-likeness (QED) is 0.809. The molecule has 17 heavy (non-hydrogen) atoms. The van der Waals surface area contributed by atoms with Gasteiger partial charge in [0, 0.05) is 45.3 Å². The Morgan fingerprint density at radius 3 is 2.76 bits per heavy atom. The van der Waals surface area contributed by atoms with Gasteiger partial charge < -0.3 is 15.0 Å². The molecule has 1 atom stereocenters. The number of ether oxygens (including phenoxy) is 1. The summed E-state index contributed by atoms with van der Waals surface area (Å²) in [7, 11) is 0. The van der Waals surface area contributed by atoms with Gasteiger partial charge in [-0.15, -0.1) is 12.4 Å². The molecular formula is C12H23ClN2O2. The Morgan fingerprint density at radius 1 is 1.41 bits per heavy atom. The average molecular weight is 263 g/mol. The van der Waals surface area contributed by atoms with E-state index < -0.39 is 0 Å². The van der Waals surface area contributed by atoms with Crippen molar-refractivity contribution in [3.05, 3.63) is 0 Å². The molecule has 2 heterocycles. The summed E-state index contributed by atoms with van der Waals surface area (Å²) in [6, 6.07) is 0.437. The van der Waals surface area contributed by atoms with Crippen LogP contribution in [0.1, 0.15) is 26.2 Å². The number of hydrogen-bond acceptors (Lipinski definition) is 3. The zero-order valence-corrected chi connectivity index (χ0v) is 11.3. The highest BCUT2D eigenvalue weighted by Gasteiger charge is 2.24. The van der Waals surface area contributed by atoms with Gasteiger partial charge in [0.15, 0.2) is 0 Å². The molecule has 5 heteroatoms. The van der Waals surface area contributed by atoms with Crippen molar-refractivity contribution >= 4 is 18.3 Å². The maximum atomic E-state index is 12.1. The minimum absolute atomic E-state index is 0. The van der Waals surface area contributed by atoms with Gasteiger partial charge in [-0.2, -0.15) is 0 Å². The maximum Gasteiger partial charge on any atom is 0.222 e. The molecule has 2 aliphatic heterocycles. The van der Waals surface area contributed by atoms with Crippen LogP contribution >= 0.6 is 12.4 Å². The van der Waals surface area contributed by atoms with Gasteiger partial charge >= 0.3 is 0 Å². The SMILES string of the molecule is CC1CN(C(=O)CC2CCOCC2)CCN1.Cl. The maximum absolute atomic E-state index is 12.1. The smallest absolute Gasteiger partial charge is 0.222 e. The third-order valence-electron chi connectivity index (χ3n) is 3.53. The highest BCUT2D eigenvalue weighted by atomic mass is 35.5. The summed E-state index contributed by atoms with van der Waals surface area (Å²) in [5, 5.41) is 3.36. The molecule has 0 bridgehead atoms. The van der Waals surface area contributed by atoms with Crippen LogP contribution in [0.15, 0.2) is 0 Å². The Bertz CT molecular complexity index is 245. The summed E-state index contributed by atoms with van der Waals surface area (Å²) in [5.41, 5.74) is 0. The second-order valence-electron chi connectivity index (χ2n) is 4.95. The number of halogens is 1. The van der Waals surface area contributed by atoms with Crippen LogP contribution in [-0.4, -0.2) is 49.7 Å². The predicted octanol–water partition coefficient (Wildman–Crippen LogP) is 1.05. The normalized spacial score (nSPS) is 26.4. The molecule has 100 valence electrons. The molecule has 2 rings (SSSR count). The first-order valence-electron chi connectivity index (χ1n) is 6.34. The molecule has 0 aromatic rings. The van der Waals surface area contributed by atoms with Crippen LogP contribution in [0.2, 0.25) is 0 Å². The van der Waals surface area contributed by atoms with Gasteiger partial charge in [0.05, 0.1) is 0 Å². The van der Waals surface area contributed by atoms with Gasteiger partial charge in [0.25, 0.3) is 0 Å². The van der Waals surface area contributed by atoms with Crippen molar-refractivity contribution in [1.82, 2.24) is 10.2 Å². The number of carbonyl (C=O) groups excluding carboxylic acids is 1. The van der Waals surface area contributed by atoms with Crippen LogP contribution in [0, 0.1) is 5.92 Å². The van der Waals surface area contributed by atoms with E-state index >= 15 is 0 Å². The zero-order valence-electron chi connectivity index (χ0n) is 10.5. The molecule has 2 aliphatic rings. The molecule has 0 aromatic carbocycles. The number of amides is 1. The summed E-state index contributed by atoms with van der Waals surface area (Å²) in [6.07, 6.45) is 2.82. The van der Waals surface area contributed by atoms with E-state index in [0.29, 0.717) is 17.9 Å². The Balaban J connectivity index is 0.00000144. The molecule has 0 aliphatic carbocycles. The number of nitrogens with zero attached hydrogens (tertiary/aromatic N) is 1. The van der Waals surface area contributed by atoms with Crippen LogP contribution < -0.4 is 5.32 Å². The number of nitrogens with one attached hydrogen (secondary N) is 1. The second kappa shape index (κ2) is 7.19. The number of carbonyl (C=O) groups is 1. The van der Waals surface area contributed by atoms with Crippen LogP contribution in [-0.2, 0) is 9.53 Å². The van der Waals surface area contributed by atoms with Crippen LogP contribution in [0.25, 0.3) is 0 Å². The average Bonchev–Trinajstić information content (AvgIpc) is 2.30. The lowest BCUT2D eigenvalue weighted by molar-refractivity contribution is -0.134. The monoisotopic (exact) mass is 262 g/mol. The van der Waals surface area contributed by atoms with Crippen LogP contribution in [0.3, 0.4) is 0 Å². The molecule has 4 nitrogen and oxygen atoms in total. The lowest BCUT2D eigenvalue weighted by atomic mass is 9.95. The Kier molecular flexibility index (Phi) is 6.23. The first-order valence-corrected chi connectivity index (χ1v) is 6.34. The molecule has 1 N–H and O–H groups in total. The van der Waals surface area contributed by atoms with Gasteiger partial charge in [-0.25, -0.2) is 0 Å². The van der Waals surface area contributed by atoms with E-state index in [0.717, 1.165) is 52.1 Å². The Labute approximate surface area is 109 Å². The first kappa shape index (κ1) is 14.7. The lowest BCUT2D eigenvalue weighted by Crippen LogP contribution is -2.51. The largest absolute Gasteiger partial charge is 0.381 e. The fourth-order valence-electron chi connectivity index (χ4n) is 2.49. The third-order valence-corrected chi connectivity index (χ3v) is 3.53. The van der Waals surface area contributed by atoms with Crippen LogP contribution in [0.5, 0.6) is 0 Å². The summed E-state index contributed by atoms with van der Waals surface area (Å²) < 4.78 is 5.31. The lowest BCUT2D eigenvalue weighted by Gasteiger charge is -2.33. The van der Waals surface area contributed by atoms with Gasteiger partial charge in [-0.1, -0.05) is 0 Å². The highest BCUT2D eigenvalue weighted by molar-refractivity contribution is 5.85. The van der Waals surface area contributed by atoms with E-state index in [1.807, 2.05) is 4.90 Å². The van der Waals surface area contributed by atoms with Gasteiger partial charge in [-0.3, -0.25) is 4.79 Å². The fourth-order valence-corrected chi connectivity index (χ4v) is 2.49.